The quantitative estimate of drug-likeness (QED) is 0.282. The first-order chi connectivity index (χ1) is 8.63. The van der Waals surface area contributed by atoms with Gasteiger partial charge in [-0.2, -0.15) is 0 Å². The molecule has 22 heavy (non-hydrogen) atoms. The van der Waals surface area contributed by atoms with Gasteiger partial charge in [0.25, 0.3) is 0 Å². The van der Waals surface area contributed by atoms with E-state index in [-0.39, 0.29) is 49.0 Å². The smallest absolute Gasteiger partial charge is 0.157 e. The Kier molecular flexibility index (Phi) is 54.9. The summed E-state index contributed by atoms with van der Waals surface area (Å²) in [5, 5.41) is 17.3. The minimum absolute atomic E-state index is 0. The van der Waals surface area contributed by atoms with E-state index in [0.717, 1.165) is 39.0 Å². The Balaban J connectivity index is -0.0000000417. The second kappa shape index (κ2) is 32.3. The molecule has 0 aliphatic carbocycles. The van der Waals surface area contributed by atoms with Crippen molar-refractivity contribution >= 4 is 0 Å². The minimum Gasteiger partial charge on any atom is -2.00 e. The Morgan fingerprint density at radius 3 is 0.955 bits per heavy atom. The maximum atomic E-state index is 8.67. The largest absolute Gasteiger partial charge is 2.00 e. The number of nitrogens with two attached hydrogens (primary N) is 4. The third kappa shape index (κ3) is 31.6. The molecule has 0 atom stereocenters. The first-order valence-corrected chi connectivity index (χ1v) is 5.91. The van der Waals surface area contributed by atoms with Crippen molar-refractivity contribution in [2.45, 2.75) is 12.8 Å². The van der Waals surface area contributed by atoms with Crippen molar-refractivity contribution in [2.75, 3.05) is 26.2 Å². The summed E-state index contributed by atoms with van der Waals surface area (Å²) in [6.45, 7) is 2.88. The van der Waals surface area contributed by atoms with Gasteiger partial charge in [0.15, 0.2) is 11.5 Å². The first kappa shape index (κ1) is 37.5. The van der Waals surface area contributed by atoms with Gasteiger partial charge in [0.05, 0.1) is 0 Å². The van der Waals surface area contributed by atoms with Gasteiger partial charge in [-0.15, -0.1) is 0 Å². The van der Waals surface area contributed by atoms with E-state index in [1.807, 2.05) is 0 Å². The van der Waals surface area contributed by atoms with E-state index in [0.29, 0.717) is 0 Å². The van der Waals surface area contributed by atoms with Crippen molar-refractivity contribution in [3.8, 4) is 11.5 Å². The molecule has 0 aliphatic rings. The van der Waals surface area contributed by atoms with E-state index < -0.39 is 0 Å². The van der Waals surface area contributed by atoms with Crippen LogP contribution in [0.15, 0.2) is 24.3 Å². The van der Waals surface area contributed by atoms with Crippen LogP contribution < -0.4 is 22.9 Å². The van der Waals surface area contributed by atoms with Crippen LogP contribution in [0, 0.1) is 0 Å². The number of para-hydroxylation sites is 2. The molecule has 1 aromatic carbocycles. The summed E-state index contributed by atoms with van der Waals surface area (Å²) in [6, 6.07) is 6.15. The van der Waals surface area contributed by atoms with Crippen molar-refractivity contribution in [1.29, 1.82) is 0 Å². The molecule has 0 saturated heterocycles. The van der Waals surface area contributed by atoms with Gasteiger partial charge in [0.2, 0.25) is 0 Å². The molecule has 0 fully saturated rings. The van der Waals surface area contributed by atoms with Crippen LogP contribution in [0.1, 0.15) is 12.8 Å². The van der Waals surface area contributed by atoms with Crippen molar-refractivity contribution in [3.63, 3.8) is 0 Å². The average Bonchev–Trinajstić information content (AvgIpc) is 2.37. The first-order valence-electron chi connectivity index (χ1n) is 5.91. The SMILES string of the molecule is NCCCN.NCCCN.Oc1ccccc1O.[Mo].[O-2].[O-2].[O-2]. The molecule has 10 heteroatoms. The van der Waals surface area contributed by atoms with Crippen LogP contribution in [0.2, 0.25) is 0 Å². The maximum Gasteiger partial charge on any atom is 0.157 e. The normalized spacial score (nSPS) is 7.09. The molecule has 0 saturated carbocycles. The molecule has 136 valence electrons. The monoisotopic (exact) mass is 404 g/mol. The molecule has 0 unspecified atom stereocenters. The molecule has 1 aromatic rings. The molecular formula is C12H26MoN4O5-6. The molecule has 0 aromatic heterocycles. The second-order valence-corrected chi connectivity index (χ2v) is 3.35. The number of hydrogen-bond donors (Lipinski definition) is 6. The Bertz CT molecular complexity index is 254. The standard InChI is InChI=1S/C6H6O2.2C3H10N2.Mo.3O/c7-5-3-1-2-4-6(5)8;2*4-2-1-3-5;;;;/h1-4,7-8H;2*1-5H2;;;;/q;;;;3*-2. The van der Waals surface area contributed by atoms with Crippen LogP contribution in [-0.4, -0.2) is 36.4 Å². The summed E-state index contributed by atoms with van der Waals surface area (Å²) < 4.78 is 0. The number of aromatic hydroxyl groups is 2. The molecule has 9 nitrogen and oxygen atoms in total. The Hall–Kier alpha value is -0.772. The molecule has 10 N–H and O–H groups in total. The number of phenols is 2. The van der Waals surface area contributed by atoms with Gasteiger partial charge in [-0.05, 0) is 51.2 Å². The van der Waals surface area contributed by atoms with Crippen LogP contribution >= 0.6 is 0 Å². The predicted octanol–water partition coefficient (Wildman–Crippen LogP) is -0.673. The van der Waals surface area contributed by atoms with Gasteiger partial charge in [0.1, 0.15) is 0 Å². The minimum atomic E-state index is -0.0764. The van der Waals surface area contributed by atoms with Gasteiger partial charge >= 0.3 is 0 Å². The van der Waals surface area contributed by atoms with Gasteiger partial charge < -0.3 is 49.6 Å². The third-order valence-corrected chi connectivity index (χ3v) is 1.70. The van der Waals surface area contributed by atoms with Crippen molar-refractivity contribution in [2.24, 2.45) is 22.9 Å². The van der Waals surface area contributed by atoms with Crippen LogP contribution in [0.3, 0.4) is 0 Å². The zero-order valence-corrected chi connectivity index (χ0v) is 14.4. The fourth-order valence-corrected chi connectivity index (χ4v) is 0.700. The molecule has 0 aliphatic heterocycles. The van der Waals surface area contributed by atoms with E-state index in [4.69, 9.17) is 33.1 Å². The number of hydrogen-bond acceptors (Lipinski definition) is 6. The summed E-state index contributed by atoms with van der Waals surface area (Å²) in [6.07, 6.45) is 1.89. The summed E-state index contributed by atoms with van der Waals surface area (Å²) in [4.78, 5) is 0. The summed E-state index contributed by atoms with van der Waals surface area (Å²) >= 11 is 0. The van der Waals surface area contributed by atoms with Crippen LogP contribution in [0.5, 0.6) is 11.5 Å². The van der Waals surface area contributed by atoms with E-state index in [9.17, 15) is 0 Å². The van der Waals surface area contributed by atoms with Gasteiger partial charge in [0, 0.05) is 21.1 Å². The summed E-state index contributed by atoms with van der Waals surface area (Å²) in [5.41, 5.74) is 20.2. The van der Waals surface area contributed by atoms with E-state index in [1.165, 1.54) is 12.1 Å². The molecule has 0 radical (unpaired) electrons. The zero-order chi connectivity index (χ0) is 14.2. The molecule has 1 rings (SSSR count). The number of phenolic OH excluding ortho intramolecular Hbond substituents is 2. The topological polar surface area (TPSA) is 230 Å². The maximum absolute atomic E-state index is 8.67. The van der Waals surface area contributed by atoms with E-state index in [2.05, 4.69) is 0 Å². The Morgan fingerprint density at radius 1 is 0.636 bits per heavy atom. The fourth-order valence-electron chi connectivity index (χ4n) is 0.700. The van der Waals surface area contributed by atoms with Crippen molar-refractivity contribution < 1.29 is 47.7 Å². The second-order valence-electron chi connectivity index (χ2n) is 3.35. The van der Waals surface area contributed by atoms with E-state index >= 15 is 0 Å². The summed E-state index contributed by atoms with van der Waals surface area (Å²) in [5.74, 6) is -0.153. The average molecular weight is 402 g/mol. The predicted molar refractivity (Wildman–Crippen MR) is 77.3 cm³/mol. The van der Waals surface area contributed by atoms with E-state index in [1.54, 1.807) is 12.1 Å². The number of benzene rings is 1. The van der Waals surface area contributed by atoms with Crippen molar-refractivity contribution in [3.05, 3.63) is 24.3 Å². The molecule has 0 amide bonds. The van der Waals surface area contributed by atoms with Crippen LogP contribution in [-0.2, 0) is 37.5 Å². The summed E-state index contributed by atoms with van der Waals surface area (Å²) in [7, 11) is 0. The fraction of sp³-hybridized carbons (Fsp3) is 0.500. The third-order valence-electron chi connectivity index (χ3n) is 1.70. The zero-order valence-electron chi connectivity index (χ0n) is 12.4. The molecule has 0 bridgehead atoms. The molecule has 0 heterocycles. The van der Waals surface area contributed by atoms with Gasteiger partial charge in [-0.3, -0.25) is 0 Å². The Morgan fingerprint density at radius 2 is 0.864 bits per heavy atom. The van der Waals surface area contributed by atoms with Crippen LogP contribution in [0.4, 0.5) is 0 Å². The van der Waals surface area contributed by atoms with Crippen LogP contribution in [0.25, 0.3) is 0 Å². The molecular weight excluding hydrogens is 376 g/mol. The molecule has 0 spiro atoms. The van der Waals surface area contributed by atoms with Crippen molar-refractivity contribution in [1.82, 2.24) is 0 Å². The Labute approximate surface area is 145 Å². The van der Waals surface area contributed by atoms with Gasteiger partial charge in [-0.25, -0.2) is 0 Å². The van der Waals surface area contributed by atoms with Gasteiger partial charge in [-0.1, -0.05) is 12.1 Å². The number of rotatable bonds is 4.